The summed E-state index contributed by atoms with van der Waals surface area (Å²) >= 11 is 1.60. The average molecular weight is 434 g/mol. The molecule has 2 aliphatic rings. The van der Waals surface area contributed by atoms with Crippen LogP contribution in [-0.2, 0) is 9.59 Å². The molecule has 3 rings (SSSR count). The maximum absolute atomic E-state index is 13.4. The van der Waals surface area contributed by atoms with Crippen LogP contribution in [0.4, 0.5) is 0 Å². The molecule has 2 aliphatic heterocycles. The molecule has 0 spiro atoms. The van der Waals surface area contributed by atoms with Gasteiger partial charge in [-0.15, -0.1) is 11.8 Å². The number of thioether (sulfide) groups is 1. The van der Waals surface area contributed by atoms with Gasteiger partial charge in [-0.25, -0.2) is 0 Å². The van der Waals surface area contributed by atoms with Crippen molar-refractivity contribution >= 4 is 29.5 Å². The van der Waals surface area contributed by atoms with E-state index >= 15 is 0 Å². The Balaban J connectivity index is 1.85. The van der Waals surface area contributed by atoms with E-state index in [2.05, 4.69) is 10.6 Å². The van der Waals surface area contributed by atoms with Gasteiger partial charge in [-0.05, 0) is 38.3 Å². The van der Waals surface area contributed by atoms with Gasteiger partial charge in [0, 0.05) is 16.4 Å². The maximum Gasteiger partial charge on any atom is 0.256 e. The summed E-state index contributed by atoms with van der Waals surface area (Å²) in [6.07, 6.45) is 0.700. The van der Waals surface area contributed by atoms with Crippen molar-refractivity contribution in [1.82, 2.24) is 15.5 Å². The number of hydrogen-bond acceptors (Lipinski definition) is 5. The highest BCUT2D eigenvalue weighted by atomic mass is 32.2. The van der Waals surface area contributed by atoms with Gasteiger partial charge in [-0.2, -0.15) is 0 Å². The summed E-state index contributed by atoms with van der Waals surface area (Å²) in [7, 11) is 0. The van der Waals surface area contributed by atoms with Crippen molar-refractivity contribution in [2.45, 2.75) is 69.3 Å². The van der Waals surface area contributed by atoms with E-state index in [-0.39, 0.29) is 35.6 Å². The molecule has 1 fully saturated rings. The molecule has 0 unspecified atom stereocenters. The monoisotopic (exact) mass is 433 g/mol. The van der Waals surface area contributed by atoms with Crippen molar-refractivity contribution in [2.75, 3.05) is 6.61 Å². The Morgan fingerprint density at radius 1 is 1.23 bits per heavy atom. The lowest BCUT2D eigenvalue weighted by Gasteiger charge is -2.32. The van der Waals surface area contributed by atoms with Gasteiger partial charge in [-0.3, -0.25) is 14.4 Å². The van der Waals surface area contributed by atoms with Crippen LogP contribution in [0, 0.1) is 5.92 Å². The Hall–Kier alpha value is -2.06. The first-order chi connectivity index (χ1) is 14.1. The number of fused-ring (bicyclic) bond motifs is 3. The van der Waals surface area contributed by atoms with Gasteiger partial charge in [0.1, 0.15) is 17.5 Å². The molecule has 5 atom stereocenters. The van der Waals surface area contributed by atoms with Crippen molar-refractivity contribution in [3.05, 3.63) is 35.4 Å². The minimum absolute atomic E-state index is 0.0979. The van der Waals surface area contributed by atoms with E-state index in [1.807, 2.05) is 45.9 Å². The molecule has 1 aromatic rings. The molecule has 3 N–H and O–H groups in total. The predicted octanol–water partition coefficient (Wildman–Crippen LogP) is 2.06. The Labute approximate surface area is 182 Å². The number of aliphatic hydroxyl groups excluding tert-OH is 1. The number of aliphatic hydroxyl groups is 1. The summed E-state index contributed by atoms with van der Waals surface area (Å²) in [5, 5.41) is 14.7. The number of nitrogens with zero attached hydrogens (tertiary/aromatic N) is 1. The Morgan fingerprint density at radius 3 is 2.53 bits per heavy atom. The Kier molecular flexibility index (Phi) is 6.48. The summed E-state index contributed by atoms with van der Waals surface area (Å²) in [5.74, 6) is -0.893. The second kappa shape index (κ2) is 8.59. The number of nitrogens with one attached hydrogen (secondary N) is 2. The number of carbonyl (C=O) groups is 3. The smallest absolute Gasteiger partial charge is 0.256 e. The highest BCUT2D eigenvalue weighted by Gasteiger charge is 2.57. The van der Waals surface area contributed by atoms with Crippen molar-refractivity contribution in [2.24, 2.45) is 5.92 Å². The minimum Gasteiger partial charge on any atom is -0.394 e. The number of benzene rings is 1. The molecular weight excluding hydrogens is 402 g/mol. The maximum atomic E-state index is 13.4. The van der Waals surface area contributed by atoms with E-state index < -0.39 is 22.9 Å². The zero-order chi connectivity index (χ0) is 22.2. The number of rotatable bonds is 7. The van der Waals surface area contributed by atoms with Crippen molar-refractivity contribution in [3.63, 3.8) is 0 Å². The number of carbonyl (C=O) groups excluding carboxylic acids is 3. The van der Waals surface area contributed by atoms with Crippen LogP contribution in [0.15, 0.2) is 24.3 Å². The zero-order valence-corrected chi connectivity index (χ0v) is 19.0. The van der Waals surface area contributed by atoms with Crippen LogP contribution in [0.25, 0.3) is 0 Å². The van der Waals surface area contributed by atoms with Gasteiger partial charge in [-0.1, -0.05) is 38.5 Å². The molecule has 0 radical (unpaired) electrons. The lowest BCUT2D eigenvalue weighted by molar-refractivity contribution is -0.133. The van der Waals surface area contributed by atoms with E-state index in [0.29, 0.717) is 12.0 Å². The van der Waals surface area contributed by atoms with Crippen LogP contribution in [0.1, 0.15) is 62.3 Å². The van der Waals surface area contributed by atoms with E-state index in [1.54, 1.807) is 29.7 Å². The molecule has 0 bridgehead atoms. The van der Waals surface area contributed by atoms with Gasteiger partial charge in [0.05, 0.1) is 6.61 Å². The van der Waals surface area contributed by atoms with Crippen molar-refractivity contribution in [3.8, 4) is 0 Å². The highest BCUT2D eigenvalue weighted by Crippen LogP contribution is 2.56. The van der Waals surface area contributed by atoms with Crippen LogP contribution in [0.2, 0.25) is 0 Å². The van der Waals surface area contributed by atoms with Crippen molar-refractivity contribution < 1.29 is 19.5 Å². The van der Waals surface area contributed by atoms with Crippen LogP contribution in [0.3, 0.4) is 0 Å². The third kappa shape index (κ3) is 3.95. The quantitative estimate of drug-likeness (QED) is 0.611. The second-order valence-electron chi connectivity index (χ2n) is 8.74. The fourth-order valence-electron chi connectivity index (χ4n) is 4.12. The Bertz CT molecular complexity index is 843. The number of hydrogen-bond donors (Lipinski definition) is 3. The summed E-state index contributed by atoms with van der Waals surface area (Å²) in [6, 6.07) is 5.63. The first-order valence-corrected chi connectivity index (χ1v) is 11.3. The van der Waals surface area contributed by atoms with Crippen LogP contribution < -0.4 is 10.6 Å². The molecule has 7 nitrogen and oxygen atoms in total. The minimum atomic E-state index is -0.739. The topological polar surface area (TPSA) is 98.7 Å². The van der Waals surface area contributed by atoms with Gasteiger partial charge >= 0.3 is 0 Å². The molecule has 0 aliphatic carbocycles. The number of amides is 3. The third-order valence-electron chi connectivity index (χ3n) is 6.00. The zero-order valence-electron chi connectivity index (χ0n) is 18.1. The lowest BCUT2D eigenvalue weighted by Crippen LogP contribution is -2.59. The average Bonchev–Trinajstić information content (AvgIpc) is 3.14. The van der Waals surface area contributed by atoms with E-state index in [9.17, 15) is 19.5 Å². The highest BCUT2D eigenvalue weighted by molar-refractivity contribution is 8.01. The van der Waals surface area contributed by atoms with Gasteiger partial charge < -0.3 is 20.6 Å². The molecule has 0 aromatic heterocycles. The largest absolute Gasteiger partial charge is 0.394 e. The van der Waals surface area contributed by atoms with Crippen LogP contribution in [-0.4, -0.2) is 57.2 Å². The van der Waals surface area contributed by atoms with E-state index in [4.69, 9.17) is 0 Å². The normalized spacial score (nSPS) is 24.6. The second-order valence-corrected chi connectivity index (χ2v) is 10.5. The van der Waals surface area contributed by atoms with Crippen LogP contribution >= 0.6 is 11.8 Å². The first-order valence-electron chi connectivity index (χ1n) is 10.4. The van der Waals surface area contributed by atoms with E-state index in [0.717, 1.165) is 5.56 Å². The van der Waals surface area contributed by atoms with Gasteiger partial charge in [0.25, 0.3) is 5.91 Å². The standard InChI is InChI=1S/C22H31N3O4S/c1-6-12(2)16(18(27)23-13(3)11-26)24-19(28)17-22(4,5)30-21-15-10-8-7-9-14(15)20(29)25(17)21/h7-10,12-13,16-17,21,26H,6,11H2,1-5H3,(H,23,27)(H,24,28)/t12-,13-,16-,17+,21+/m0/s1. The third-order valence-corrected chi connectivity index (χ3v) is 7.54. The Morgan fingerprint density at radius 2 is 1.90 bits per heavy atom. The molecule has 8 heteroatoms. The molecule has 1 saturated heterocycles. The van der Waals surface area contributed by atoms with Gasteiger partial charge in [0.2, 0.25) is 11.8 Å². The molecule has 0 saturated carbocycles. The molecule has 164 valence electrons. The predicted molar refractivity (Wildman–Crippen MR) is 117 cm³/mol. The molecule has 2 heterocycles. The molecule has 3 amide bonds. The fraction of sp³-hybridized carbons (Fsp3) is 0.591. The van der Waals surface area contributed by atoms with E-state index in [1.165, 1.54) is 0 Å². The van der Waals surface area contributed by atoms with Crippen LogP contribution in [0.5, 0.6) is 0 Å². The first kappa shape index (κ1) is 22.6. The summed E-state index contributed by atoms with van der Waals surface area (Å²) in [4.78, 5) is 41.0. The summed E-state index contributed by atoms with van der Waals surface area (Å²) in [6.45, 7) is 9.31. The van der Waals surface area contributed by atoms with Crippen molar-refractivity contribution in [1.29, 1.82) is 0 Å². The molecular formula is C22H31N3O4S. The lowest BCUT2D eigenvalue weighted by atomic mass is 9.95. The SMILES string of the molecule is CC[C@H](C)[C@H](NC(=O)[C@H]1N2C(=O)c3ccccc3[C@H]2SC1(C)C)C(=O)N[C@@H](C)CO. The summed E-state index contributed by atoms with van der Waals surface area (Å²) < 4.78 is -0.507. The molecule has 1 aromatic carbocycles. The molecule has 30 heavy (non-hydrogen) atoms. The summed E-state index contributed by atoms with van der Waals surface area (Å²) in [5.41, 5.74) is 1.57. The fourth-order valence-corrected chi connectivity index (χ4v) is 5.71. The van der Waals surface area contributed by atoms with Gasteiger partial charge in [0.15, 0.2) is 0 Å².